The quantitative estimate of drug-likeness (QED) is 0.529. The van der Waals surface area contributed by atoms with Gasteiger partial charge < -0.3 is 4.90 Å². The molecule has 2 aliphatic rings. The van der Waals surface area contributed by atoms with E-state index in [-0.39, 0.29) is 23.5 Å². The Labute approximate surface area is 175 Å². The maximum Gasteiger partial charge on any atom is 0.255 e. The number of nitrogens with zero attached hydrogens (tertiary/aromatic N) is 1. The molecule has 0 saturated heterocycles. The Balaban J connectivity index is 1.44. The van der Waals surface area contributed by atoms with Crippen molar-refractivity contribution < 1.29 is 14.4 Å². The Kier molecular flexibility index (Phi) is 5.37. The Hall–Kier alpha value is -2.72. The van der Waals surface area contributed by atoms with Gasteiger partial charge in [-0.05, 0) is 48.6 Å². The van der Waals surface area contributed by atoms with Gasteiger partial charge in [0.1, 0.15) is 0 Å². The molecule has 1 saturated carbocycles. The molecule has 1 fully saturated rings. The summed E-state index contributed by atoms with van der Waals surface area (Å²) < 4.78 is 0. The largest absolute Gasteiger partial charge is 0.324 e. The van der Waals surface area contributed by atoms with Crippen LogP contribution in [-0.4, -0.2) is 28.4 Å². The third kappa shape index (κ3) is 4.03. The number of aryl methyl sites for hydroxylation is 1. The monoisotopic (exact) mass is 407 g/mol. The summed E-state index contributed by atoms with van der Waals surface area (Å²) in [5.74, 6) is 0.0425. The van der Waals surface area contributed by atoms with E-state index in [0.29, 0.717) is 48.4 Å². The zero-order valence-corrected chi connectivity index (χ0v) is 16.9. The van der Waals surface area contributed by atoms with E-state index >= 15 is 0 Å². The van der Waals surface area contributed by atoms with Crippen LogP contribution < -0.4 is 0 Å². The van der Waals surface area contributed by atoms with Crippen molar-refractivity contribution in [3.63, 3.8) is 0 Å². The predicted molar refractivity (Wildman–Crippen MR) is 112 cm³/mol. The summed E-state index contributed by atoms with van der Waals surface area (Å²) >= 11 is 5.96. The average Bonchev–Trinajstić information content (AvgIpc) is 3.02. The highest BCUT2D eigenvalue weighted by Gasteiger charge is 2.37. The van der Waals surface area contributed by atoms with Crippen LogP contribution in [0.4, 0.5) is 0 Å². The number of ketones is 2. The van der Waals surface area contributed by atoms with E-state index < -0.39 is 0 Å². The van der Waals surface area contributed by atoms with Gasteiger partial charge in [-0.25, -0.2) is 0 Å². The van der Waals surface area contributed by atoms with Gasteiger partial charge in [0.05, 0.1) is 6.04 Å². The molecule has 1 aliphatic carbocycles. The summed E-state index contributed by atoms with van der Waals surface area (Å²) in [6, 6.07) is 12.3. The van der Waals surface area contributed by atoms with Gasteiger partial charge >= 0.3 is 0 Å². The van der Waals surface area contributed by atoms with Crippen molar-refractivity contribution in [2.24, 2.45) is 0 Å². The van der Waals surface area contributed by atoms with Crippen molar-refractivity contribution in [2.45, 2.75) is 44.7 Å². The van der Waals surface area contributed by atoms with Crippen LogP contribution in [0.1, 0.15) is 57.5 Å². The predicted octanol–water partition coefficient (Wildman–Crippen LogP) is 4.79. The minimum absolute atomic E-state index is 0.0405. The van der Waals surface area contributed by atoms with Crippen LogP contribution in [0.25, 0.3) is 0 Å². The number of allylic oxidation sites excluding steroid dienone is 1. The Morgan fingerprint density at radius 2 is 2.00 bits per heavy atom. The molecule has 2 aromatic rings. The molecule has 1 heterocycles. The van der Waals surface area contributed by atoms with Gasteiger partial charge in [0.15, 0.2) is 11.6 Å². The zero-order chi connectivity index (χ0) is 20.5. The van der Waals surface area contributed by atoms with E-state index in [0.717, 1.165) is 23.1 Å². The smallest absolute Gasteiger partial charge is 0.255 e. The third-order valence-corrected chi connectivity index (χ3v) is 5.97. The molecule has 29 heavy (non-hydrogen) atoms. The van der Waals surface area contributed by atoms with Crippen molar-refractivity contribution in [3.8, 4) is 0 Å². The van der Waals surface area contributed by atoms with Crippen molar-refractivity contribution in [3.05, 3.63) is 81.9 Å². The van der Waals surface area contributed by atoms with Gasteiger partial charge in [-0.15, -0.1) is 0 Å². The van der Waals surface area contributed by atoms with E-state index in [1.54, 1.807) is 29.2 Å². The fourth-order valence-electron chi connectivity index (χ4n) is 4.15. The minimum Gasteiger partial charge on any atom is -0.324 e. The van der Waals surface area contributed by atoms with Gasteiger partial charge in [-0.1, -0.05) is 48.0 Å². The maximum absolute atomic E-state index is 12.8. The first-order valence-electron chi connectivity index (χ1n) is 9.83. The lowest BCUT2D eigenvalue weighted by molar-refractivity contribution is -0.124. The lowest BCUT2D eigenvalue weighted by Crippen LogP contribution is -2.43. The van der Waals surface area contributed by atoms with Crippen LogP contribution in [0.2, 0.25) is 5.02 Å². The van der Waals surface area contributed by atoms with Crippen molar-refractivity contribution in [1.82, 2.24) is 4.90 Å². The first-order valence-corrected chi connectivity index (χ1v) is 10.2. The molecule has 1 amide bonds. The standard InChI is InChI=1S/C24H22ClNO3/c1-15-5-9-21(23(28)11-15)26-14-18-12-16(6-8-20(18)24(26)29)7-10-22(27)17-3-2-4-19(25)13-17/h2-4,6,8,12-13,21H,1,5,7,9-11,14H2. The molecule has 0 N–H and O–H groups in total. The van der Waals surface area contributed by atoms with Gasteiger partial charge in [-0.3, -0.25) is 14.4 Å². The second-order valence-corrected chi connectivity index (χ2v) is 8.24. The Bertz CT molecular complexity index is 1030. The molecule has 1 aliphatic heterocycles. The molecule has 4 nitrogen and oxygen atoms in total. The fraction of sp³-hybridized carbons (Fsp3) is 0.292. The highest BCUT2D eigenvalue weighted by molar-refractivity contribution is 6.31. The highest BCUT2D eigenvalue weighted by Crippen LogP contribution is 2.31. The van der Waals surface area contributed by atoms with Crippen LogP contribution in [-0.2, 0) is 17.8 Å². The van der Waals surface area contributed by atoms with Gasteiger partial charge in [-0.2, -0.15) is 0 Å². The number of benzene rings is 2. The second-order valence-electron chi connectivity index (χ2n) is 7.81. The fourth-order valence-corrected chi connectivity index (χ4v) is 4.34. The lowest BCUT2D eigenvalue weighted by atomic mass is 9.90. The average molecular weight is 408 g/mol. The van der Waals surface area contributed by atoms with E-state index in [4.69, 9.17) is 11.6 Å². The first-order chi connectivity index (χ1) is 13.9. The second kappa shape index (κ2) is 7.96. The Morgan fingerprint density at radius 3 is 2.76 bits per heavy atom. The van der Waals surface area contributed by atoms with E-state index in [9.17, 15) is 14.4 Å². The van der Waals surface area contributed by atoms with Crippen molar-refractivity contribution in [2.75, 3.05) is 0 Å². The number of hydrogen-bond donors (Lipinski definition) is 0. The number of halogens is 1. The summed E-state index contributed by atoms with van der Waals surface area (Å²) in [5, 5.41) is 0.549. The number of rotatable bonds is 5. The number of fused-ring (bicyclic) bond motifs is 1. The number of hydrogen-bond acceptors (Lipinski definition) is 3. The molecule has 148 valence electrons. The molecule has 0 spiro atoms. The minimum atomic E-state index is -0.353. The lowest BCUT2D eigenvalue weighted by Gasteiger charge is -2.30. The summed E-state index contributed by atoms with van der Waals surface area (Å²) in [7, 11) is 0. The van der Waals surface area contributed by atoms with E-state index in [2.05, 4.69) is 6.58 Å². The van der Waals surface area contributed by atoms with Crippen LogP contribution in [0.3, 0.4) is 0 Å². The van der Waals surface area contributed by atoms with E-state index in [1.807, 2.05) is 18.2 Å². The maximum atomic E-state index is 12.8. The molecule has 1 unspecified atom stereocenters. The topological polar surface area (TPSA) is 54.5 Å². The third-order valence-electron chi connectivity index (χ3n) is 5.73. The van der Waals surface area contributed by atoms with Crippen LogP contribution >= 0.6 is 11.6 Å². The van der Waals surface area contributed by atoms with Crippen molar-refractivity contribution >= 4 is 29.1 Å². The van der Waals surface area contributed by atoms with Gasteiger partial charge in [0.25, 0.3) is 5.91 Å². The summed E-state index contributed by atoms with van der Waals surface area (Å²) in [6.45, 7) is 4.35. The molecule has 0 aromatic heterocycles. The molecule has 5 heteroatoms. The number of amides is 1. The molecule has 2 aromatic carbocycles. The van der Waals surface area contributed by atoms with Gasteiger partial charge in [0.2, 0.25) is 0 Å². The summed E-state index contributed by atoms with van der Waals surface area (Å²) in [6.07, 6.45) is 2.77. The molecule has 4 rings (SSSR count). The summed E-state index contributed by atoms with van der Waals surface area (Å²) in [5.41, 5.74) is 4.16. The number of Topliss-reactive ketones (excluding diaryl/α,β-unsaturated/α-hetero) is 2. The van der Waals surface area contributed by atoms with Crippen LogP contribution in [0, 0.1) is 0 Å². The zero-order valence-electron chi connectivity index (χ0n) is 16.1. The van der Waals surface area contributed by atoms with Crippen molar-refractivity contribution in [1.29, 1.82) is 0 Å². The molecule has 0 bridgehead atoms. The number of carbonyl (C=O) groups excluding carboxylic acids is 3. The summed E-state index contributed by atoms with van der Waals surface area (Å²) in [4.78, 5) is 39.3. The van der Waals surface area contributed by atoms with Gasteiger partial charge in [0, 0.05) is 35.5 Å². The SMILES string of the molecule is C=C1CCC(N2Cc3cc(CCC(=O)c4cccc(Cl)c4)ccc3C2=O)C(=O)C1. The van der Waals surface area contributed by atoms with Crippen LogP contribution in [0.5, 0.6) is 0 Å². The molecular weight excluding hydrogens is 386 g/mol. The van der Waals surface area contributed by atoms with Crippen LogP contribution in [0.15, 0.2) is 54.6 Å². The number of carbonyl (C=O) groups is 3. The molecular formula is C24H22ClNO3. The molecule has 1 atom stereocenters. The van der Waals surface area contributed by atoms with E-state index in [1.165, 1.54) is 0 Å². The molecule has 0 radical (unpaired) electrons. The Morgan fingerprint density at radius 1 is 1.17 bits per heavy atom. The normalized spacial score (nSPS) is 18.9. The highest BCUT2D eigenvalue weighted by atomic mass is 35.5. The first kappa shape index (κ1) is 19.6.